The van der Waals surface area contributed by atoms with E-state index in [4.69, 9.17) is 10.8 Å². The number of nitrogens with zero attached hydrogens (tertiary/aromatic N) is 1. The van der Waals surface area contributed by atoms with Gasteiger partial charge in [-0.25, -0.2) is 0 Å². The van der Waals surface area contributed by atoms with E-state index in [9.17, 15) is 4.79 Å². The zero-order valence-corrected chi connectivity index (χ0v) is 7.53. The number of nitrogens with two attached hydrogens (primary N) is 1. The highest BCUT2D eigenvalue weighted by Gasteiger charge is 2.35. The van der Waals surface area contributed by atoms with E-state index in [2.05, 4.69) is 4.90 Å². The van der Waals surface area contributed by atoms with Crippen LogP contribution in [0.1, 0.15) is 13.3 Å². The fraction of sp³-hybridized carbons (Fsp3) is 0.875. The summed E-state index contributed by atoms with van der Waals surface area (Å²) in [5, 5.41) is 8.81. The van der Waals surface area contributed by atoms with Crippen LogP contribution in [0.2, 0.25) is 0 Å². The van der Waals surface area contributed by atoms with E-state index in [1.165, 1.54) is 0 Å². The number of carboxylic acids is 1. The van der Waals surface area contributed by atoms with Crippen molar-refractivity contribution in [3.05, 3.63) is 0 Å². The number of hydrogen-bond donors (Lipinski definition) is 2. The molecule has 3 atom stereocenters. The van der Waals surface area contributed by atoms with Gasteiger partial charge in [-0.05, 0) is 26.9 Å². The number of likely N-dealkylation sites (tertiary alicyclic amines) is 1. The van der Waals surface area contributed by atoms with Crippen LogP contribution in [0.25, 0.3) is 0 Å². The maximum absolute atomic E-state index is 10.7. The Morgan fingerprint density at radius 1 is 1.67 bits per heavy atom. The molecular formula is C8H16N2O2. The molecule has 12 heavy (non-hydrogen) atoms. The molecule has 1 fully saturated rings. The zero-order valence-electron chi connectivity index (χ0n) is 7.53. The summed E-state index contributed by atoms with van der Waals surface area (Å²) in [6, 6.07) is -0.0684. The third-order valence-electron chi connectivity index (χ3n) is 2.83. The molecule has 0 aromatic rings. The van der Waals surface area contributed by atoms with Crippen molar-refractivity contribution in [3.8, 4) is 0 Å². The molecule has 0 bridgehead atoms. The Hall–Kier alpha value is -0.610. The Bertz CT molecular complexity index is 184. The lowest BCUT2D eigenvalue weighted by Gasteiger charge is -2.38. The molecular weight excluding hydrogens is 156 g/mol. The van der Waals surface area contributed by atoms with Crippen molar-refractivity contribution in [1.82, 2.24) is 4.90 Å². The summed E-state index contributed by atoms with van der Waals surface area (Å²) >= 11 is 0. The Morgan fingerprint density at radius 3 is 2.75 bits per heavy atom. The molecule has 1 rings (SSSR count). The molecule has 1 heterocycles. The Labute approximate surface area is 72.3 Å². The molecule has 70 valence electrons. The predicted octanol–water partition coefficient (Wildman–Crippen LogP) is -0.261. The van der Waals surface area contributed by atoms with Gasteiger partial charge in [0.1, 0.15) is 0 Å². The number of piperidine rings is 1. The van der Waals surface area contributed by atoms with Crippen LogP contribution in [0.4, 0.5) is 0 Å². The van der Waals surface area contributed by atoms with Crippen LogP contribution >= 0.6 is 0 Å². The number of likely N-dealkylation sites (N-methyl/N-ethyl adjacent to an activating group) is 1. The maximum Gasteiger partial charge on any atom is 0.308 e. The van der Waals surface area contributed by atoms with Gasteiger partial charge < -0.3 is 15.7 Å². The maximum atomic E-state index is 10.7. The number of carboxylic acid groups (broad SMARTS) is 1. The van der Waals surface area contributed by atoms with Crippen molar-refractivity contribution < 1.29 is 9.90 Å². The Balaban J connectivity index is 2.65. The minimum Gasteiger partial charge on any atom is -0.481 e. The van der Waals surface area contributed by atoms with Crippen LogP contribution in [0.5, 0.6) is 0 Å². The van der Waals surface area contributed by atoms with Gasteiger partial charge in [-0.15, -0.1) is 0 Å². The molecule has 0 spiro atoms. The average molecular weight is 172 g/mol. The average Bonchev–Trinajstić information content (AvgIpc) is 2.00. The summed E-state index contributed by atoms with van der Waals surface area (Å²) in [6.07, 6.45) is 0.664. The summed E-state index contributed by atoms with van der Waals surface area (Å²) in [5.74, 6) is -1.13. The van der Waals surface area contributed by atoms with Gasteiger partial charge in [0.25, 0.3) is 0 Å². The van der Waals surface area contributed by atoms with Gasteiger partial charge in [-0.2, -0.15) is 0 Å². The number of carbonyl (C=O) groups is 1. The third kappa shape index (κ3) is 1.59. The van der Waals surface area contributed by atoms with Crippen LogP contribution in [-0.4, -0.2) is 41.7 Å². The van der Waals surface area contributed by atoms with Gasteiger partial charge in [0.15, 0.2) is 0 Å². The van der Waals surface area contributed by atoms with Crippen molar-refractivity contribution in [2.45, 2.75) is 25.4 Å². The van der Waals surface area contributed by atoms with E-state index < -0.39 is 5.97 Å². The third-order valence-corrected chi connectivity index (χ3v) is 2.83. The fourth-order valence-corrected chi connectivity index (χ4v) is 1.66. The fourth-order valence-electron chi connectivity index (χ4n) is 1.66. The molecule has 0 aliphatic carbocycles. The monoisotopic (exact) mass is 172 g/mol. The lowest BCUT2D eigenvalue weighted by Crippen LogP contribution is -2.55. The first-order valence-corrected chi connectivity index (χ1v) is 4.22. The molecule has 4 nitrogen and oxygen atoms in total. The molecule has 1 aliphatic heterocycles. The summed E-state index contributed by atoms with van der Waals surface area (Å²) < 4.78 is 0. The number of hydrogen-bond acceptors (Lipinski definition) is 3. The number of aliphatic carboxylic acids is 1. The summed E-state index contributed by atoms with van der Waals surface area (Å²) in [7, 11) is 1.97. The predicted molar refractivity (Wildman–Crippen MR) is 45.8 cm³/mol. The lowest BCUT2D eigenvalue weighted by molar-refractivity contribution is -0.144. The van der Waals surface area contributed by atoms with E-state index in [1.54, 1.807) is 0 Å². The van der Waals surface area contributed by atoms with Gasteiger partial charge >= 0.3 is 5.97 Å². The lowest BCUT2D eigenvalue weighted by atomic mass is 9.87. The van der Waals surface area contributed by atoms with Crippen LogP contribution in [-0.2, 0) is 4.79 Å². The summed E-state index contributed by atoms with van der Waals surface area (Å²) in [4.78, 5) is 12.8. The molecule has 0 amide bonds. The summed E-state index contributed by atoms with van der Waals surface area (Å²) in [5.41, 5.74) is 5.79. The van der Waals surface area contributed by atoms with E-state index in [1.807, 2.05) is 14.0 Å². The first-order valence-electron chi connectivity index (χ1n) is 4.22. The van der Waals surface area contributed by atoms with Crippen LogP contribution < -0.4 is 5.73 Å². The van der Waals surface area contributed by atoms with E-state index >= 15 is 0 Å². The second-order valence-electron chi connectivity index (χ2n) is 3.53. The van der Waals surface area contributed by atoms with Gasteiger partial charge in [0, 0.05) is 12.1 Å². The summed E-state index contributed by atoms with van der Waals surface area (Å²) in [6.45, 7) is 2.80. The van der Waals surface area contributed by atoms with E-state index in [0.717, 1.165) is 6.54 Å². The quantitative estimate of drug-likeness (QED) is 0.572. The number of rotatable bonds is 1. The van der Waals surface area contributed by atoms with Gasteiger partial charge in [-0.1, -0.05) is 0 Å². The molecule has 0 radical (unpaired) electrons. The van der Waals surface area contributed by atoms with Crippen LogP contribution in [0.15, 0.2) is 0 Å². The highest BCUT2D eigenvalue weighted by atomic mass is 16.4. The largest absolute Gasteiger partial charge is 0.481 e. The van der Waals surface area contributed by atoms with Crippen LogP contribution in [0.3, 0.4) is 0 Å². The molecule has 0 aromatic heterocycles. The van der Waals surface area contributed by atoms with Crippen molar-refractivity contribution in [2.24, 2.45) is 11.7 Å². The van der Waals surface area contributed by atoms with Crippen molar-refractivity contribution >= 4 is 5.97 Å². The zero-order chi connectivity index (χ0) is 9.30. The minimum absolute atomic E-state index is 0.167. The highest BCUT2D eigenvalue weighted by molar-refractivity contribution is 5.71. The first kappa shape index (κ1) is 9.48. The molecule has 3 unspecified atom stereocenters. The molecule has 4 heteroatoms. The van der Waals surface area contributed by atoms with Gasteiger partial charge in [0.05, 0.1) is 5.92 Å². The highest BCUT2D eigenvalue weighted by Crippen LogP contribution is 2.20. The smallest absolute Gasteiger partial charge is 0.308 e. The minimum atomic E-state index is -0.762. The molecule has 1 aliphatic rings. The second-order valence-corrected chi connectivity index (χ2v) is 3.53. The molecule has 0 aromatic carbocycles. The molecule has 3 N–H and O–H groups in total. The Morgan fingerprint density at radius 2 is 2.25 bits per heavy atom. The first-order chi connectivity index (χ1) is 5.54. The molecule has 0 saturated carbocycles. The van der Waals surface area contributed by atoms with E-state index in [-0.39, 0.29) is 18.0 Å². The normalized spacial score (nSPS) is 38.1. The molecule has 1 saturated heterocycles. The standard InChI is InChI=1S/C8H16N2O2/c1-5-7(9)6(8(11)12)3-4-10(5)2/h5-7H,3-4,9H2,1-2H3,(H,11,12). The van der Waals surface area contributed by atoms with Crippen LogP contribution in [0, 0.1) is 5.92 Å². The van der Waals surface area contributed by atoms with E-state index in [0.29, 0.717) is 6.42 Å². The van der Waals surface area contributed by atoms with Crippen molar-refractivity contribution in [2.75, 3.05) is 13.6 Å². The van der Waals surface area contributed by atoms with Crippen molar-refractivity contribution in [1.29, 1.82) is 0 Å². The topological polar surface area (TPSA) is 66.6 Å². The second kappa shape index (κ2) is 3.41. The SMILES string of the molecule is CC1C(N)C(C(=O)O)CCN1C. The Kier molecular flexibility index (Phi) is 2.69. The van der Waals surface area contributed by atoms with Gasteiger partial charge in [-0.3, -0.25) is 4.79 Å². The van der Waals surface area contributed by atoms with Gasteiger partial charge in [0.2, 0.25) is 0 Å². The van der Waals surface area contributed by atoms with Crippen molar-refractivity contribution in [3.63, 3.8) is 0 Å².